The lowest BCUT2D eigenvalue weighted by Gasteiger charge is -2.30. The molecule has 0 spiro atoms. The number of amidine groups is 1. The lowest BCUT2D eigenvalue weighted by atomic mass is 10.1. The van der Waals surface area contributed by atoms with E-state index in [1.807, 2.05) is 24.3 Å². The Balaban J connectivity index is 1.21. The van der Waals surface area contributed by atoms with Crippen molar-refractivity contribution in [1.82, 2.24) is 19.4 Å². The van der Waals surface area contributed by atoms with Gasteiger partial charge in [0.2, 0.25) is 5.88 Å². The molecule has 9 nitrogen and oxygen atoms in total. The van der Waals surface area contributed by atoms with Gasteiger partial charge in [-0.2, -0.15) is 0 Å². The van der Waals surface area contributed by atoms with Gasteiger partial charge < -0.3 is 25.0 Å². The summed E-state index contributed by atoms with van der Waals surface area (Å²) in [5.74, 6) is 1.03. The van der Waals surface area contributed by atoms with Gasteiger partial charge in [0.1, 0.15) is 18.2 Å². The number of hydrogen-bond acceptors (Lipinski definition) is 7. The largest absolute Gasteiger partial charge is 0.473 e. The molecule has 1 unspecified atom stereocenters. The summed E-state index contributed by atoms with van der Waals surface area (Å²) in [5, 5.41) is 12.6. The van der Waals surface area contributed by atoms with Crippen LogP contribution in [0.15, 0.2) is 53.7 Å². The Morgan fingerprint density at radius 2 is 2.08 bits per heavy atom. The second kappa shape index (κ2) is 10.8. The predicted molar refractivity (Wildman–Crippen MR) is 144 cm³/mol. The molecule has 3 N–H and O–H groups in total. The summed E-state index contributed by atoms with van der Waals surface area (Å²) in [7, 11) is 0. The quantitative estimate of drug-likeness (QED) is 0.146. The van der Waals surface area contributed by atoms with Crippen LogP contribution in [0.25, 0.3) is 11.0 Å². The van der Waals surface area contributed by atoms with Crippen molar-refractivity contribution in [2.45, 2.75) is 45.2 Å². The molecule has 6 rings (SSSR count). The number of pyridine rings is 1. The van der Waals surface area contributed by atoms with Crippen molar-refractivity contribution in [1.29, 1.82) is 0 Å². The second-order valence-electron chi connectivity index (χ2n) is 9.85. The van der Waals surface area contributed by atoms with Gasteiger partial charge in [-0.1, -0.05) is 28.9 Å². The lowest BCUT2D eigenvalue weighted by Crippen LogP contribution is -2.34. The molecule has 2 aromatic heterocycles. The number of hydrogen-bond donors (Lipinski definition) is 2. The van der Waals surface area contributed by atoms with Gasteiger partial charge in [0.25, 0.3) is 0 Å². The molecular formula is C28H28ClFN6O3. The van der Waals surface area contributed by atoms with Crippen LogP contribution in [0.1, 0.15) is 34.6 Å². The van der Waals surface area contributed by atoms with E-state index in [0.29, 0.717) is 41.7 Å². The Morgan fingerprint density at radius 3 is 2.85 bits per heavy atom. The van der Waals surface area contributed by atoms with Gasteiger partial charge in [0.05, 0.1) is 35.9 Å². The Hall–Kier alpha value is -3.73. The monoisotopic (exact) mass is 550 g/mol. The molecule has 1 atom stereocenters. The molecular weight excluding hydrogens is 523 g/mol. The molecule has 2 aliphatic heterocycles. The van der Waals surface area contributed by atoms with E-state index in [9.17, 15) is 4.39 Å². The topological polar surface area (TPSA) is 111 Å². The van der Waals surface area contributed by atoms with Gasteiger partial charge in [-0.15, -0.1) is 0 Å². The van der Waals surface area contributed by atoms with Crippen LogP contribution in [0.2, 0.25) is 5.02 Å². The Bertz CT molecular complexity index is 1550. The van der Waals surface area contributed by atoms with Gasteiger partial charge in [0.15, 0.2) is 5.84 Å². The minimum absolute atomic E-state index is 0.0571. The first kappa shape index (κ1) is 25.5. The summed E-state index contributed by atoms with van der Waals surface area (Å²) < 4.78 is 27.9. The number of halogens is 2. The highest BCUT2D eigenvalue weighted by molar-refractivity contribution is 6.30. The number of nitrogens with two attached hydrogens (primary N) is 1. The number of rotatable bonds is 8. The number of imidazole rings is 1. The zero-order chi connectivity index (χ0) is 26.9. The van der Waals surface area contributed by atoms with Gasteiger partial charge in [0, 0.05) is 41.9 Å². The maximum absolute atomic E-state index is 14.1. The highest BCUT2D eigenvalue weighted by atomic mass is 35.5. The molecule has 1 saturated heterocycles. The number of benzene rings is 2. The van der Waals surface area contributed by atoms with Crippen LogP contribution in [0.3, 0.4) is 0 Å². The number of ether oxygens (including phenoxy) is 2. The molecule has 0 saturated carbocycles. The highest BCUT2D eigenvalue weighted by Gasteiger charge is 2.25. The minimum Gasteiger partial charge on any atom is -0.473 e. The summed E-state index contributed by atoms with van der Waals surface area (Å²) in [5.41, 5.74) is 10.8. The maximum atomic E-state index is 14.1. The third kappa shape index (κ3) is 5.40. The smallest absolute Gasteiger partial charge is 0.213 e. The maximum Gasteiger partial charge on any atom is 0.213 e. The van der Waals surface area contributed by atoms with Gasteiger partial charge in [-0.3, -0.25) is 4.90 Å². The van der Waals surface area contributed by atoms with E-state index in [0.717, 1.165) is 48.5 Å². The van der Waals surface area contributed by atoms with Gasteiger partial charge >= 0.3 is 0 Å². The second-order valence-corrected chi connectivity index (χ2v) is 10.3. The van der Waals surface area contributed by atoms with Crippen LogP contribution in [-0.4, -0.2) is 49.7 Å². The Labute approximate surface area is 229 Å². The van der Waals surface area contributed by atoms with E-state index in [2.05, 4.69) is 14.6 Å². The first-order chi connectivity index (χ1) is 19.0. The van der Waals surface area contributed by atoms with E-state index >= 15 is 0 Å². The zero-order valence-electron chi connectivity index (χ0n) is 21.2. The van der Waals surface area contributed by atoms with Gasteiger partial charge in [-0.25, -0.2) is 14.4 Å². The highest BCUT2D eigenvalue weighted by Crippen LogP contribution is 2.26. The number of fused-ring (bicyclic) bond motifs is 2. The molecule has 39 heavy (non-hydrogen) atoms. The Kier molecular flexibility index (Phi) is 7.07. The summed E-state index contributed by atoms with van der Waals surface area (Å²) in [6.45, 7) is 3.66. The summed E-state index contributed by atoms with van der Waals surface area (Å²) in [6, 6.07) is 14.0. The summed E-state index contributed by atoms with van der Waals surface area (Å²) in [4.78, 5) is 12.0. The summed E-state index contributed by atoms with van der Waals surface area (Å²) >= 11 is 5.85. The summed E-state index contributed by atoms with van der Waals surface area (Å²) in [6.07, 6.45) is 2.00. The van der Waals surface area contributed by atoms with Crippen molar-refractivity contribution < 1.29 is 19.1 Å². The SMILES string of the molecule is NC(=NO)c1ccc2nc(CN3CCc4ccc(OCc5ccc(Cl)cc5F)nc4C3)n(CC3CCO3)c2c1. The van der Waals surface area contributed by atoms with Crippen LogP contribution in [0, 0.1) is 5.82 Å². The van der Waals surface area contributed by atoms with Crippen molar-refractivity contribution in [3.05, 3.63) is 87.6 Å². The first-order valence-electron chi connectivity index (χ1n) is 12.8. The lowest BCUT2D eigenvalue weighted by molar-refractivity contribution is -0.0592. The molecule has 2 aromatic carbocycles. The molecule has 0 bridgehead atoms. The average Bonchev–Trinajstić information content (AvgIpc) is 3.25. The predicted octanol–water partition coefficient (Wildman–Crippen LogP) is 4.24. The van der Waals surface area contributed by atoms with E-state index in [4.69, 9.17) is 42.0 Å². The van der Waals surface area contributed by atoms with Gasteiger partial charge in [-0.05, 0) is 48.7 Å². The van der Waals surface area contributed by atoms with E-state index in [-0.39, 0.29) is 18.5 Å². The number of oxime groups is 1. The standard InChI is InChI=1S/C28H28ClFN6O3/c29-20-4-1-19(22(30)12-20)16-39-27-6-3-17-7-9-35(14-24(17)33-27)15-26-32-23-5-2-18(28(31)34-37)11-25(23)36(26)13-21-8-10-38-21/h1-6,11-12,21,37H,7-10,13-16H2,(H2,31,34). The van der Waals surface area contributed by atoms with E-state index in [1.165, 1.54) is 11.6 Å². The molecule has 4 aromatic rings. The zero-order valence-corrected chi connectivity index (χ0v) is 21.9. The molecule has 4 heterocycles. The van der Waals surface area contributed by atoms with Crippen molar-refractivity contribution in [2.75, 3.05) is 13.2 Å². The van der Waals surface area contributed by atoms with Crippen LogP contribution in [0.4, 0.5) is 4.39 Å². The fourth-order valence-corrected chi connectivity index (χ4v) is 5.15. The van der Waals surface area contributed by atoms with Crippen LogP contribution in [0.5, 0.6) is 5.88 Å². The van der Waals surface area contributed by atoms with E-state index < -0.39 is 5.82 Å². The molecule has 0 aliphatic carbocycles. The number of aromatic nitrogens is 3. The average molecular weight is 551 g/mol. The van der Waals surface area contributed by atoms with Crippen molar-refractivity contribution in [3.8, 4) is 5.88 Å². The Morgan fingerprint density at radius 1 is 1.21 bits per heavy atom. The molecule has 2 aliphatic rings. The van der Waals surface area contributed by atoms with E-state index in [1.54, 1.807) is 18.2 Å². The first-order valence-corrected chi connectivity index (χ1v) is 13.2. The third-order valence-electron chi connectivity index (χ3n) is 7.28. The van der Waals surface area contributed by atoms with Crippen LogP contribution < -0.4 is 10.5 Å². The molecule has 0 radical (unpaired) electrons. The number of nitrogens with zero attached hydrogens (tertiary/aromatic N) is 5. The van der Waals surface area contributed by atoms with Crippen LogP contribution >= 0.6 is 11.6 Å². The normalized spacial score (nSPS) is 17.7. The fourth-order valence-electron chi connectivity index (χ4n) is 5.00. The molecule has 1 fully saturated rings. The van der Waals surface area contributed by atoms with Crippen molar-refractivity contribution in [3.63, 3.8) is 0 Å². The minimum atomic E-state index is -0.403. The molecule has 11 heteroatoms. The van der Waals surface area contributed by atoms with Crippen LogP contribution in [-0.2, 0) is 37.4 Å². The van der Waals surface area contributed by atoms with Crippen molar-refractivity contribution >= 4 is 28.5 Å². The molecule has 0 amide bonds. The third-order valence-corrected chi connectivity index (χ3v) is 7.51. The molecule has 202 valence electrons. The fraction of sp³-hybridized carbons (Fsp3) is 0.321. The van der Waals surface area contributed by atoms with Crippen molar-refractivity contribution in [2.24, 2.45) is 10.9 Å².